The first-order chi connectivity index (χ1) is 8.63. The van der Waals surface area contributed by atoms with Gasteiger partial charge in [-0.2, -0.15) is 0 Å². The molecule has 0 radical (unpaired) electrons. The molecule has 1 aromatic heterocycles. The second-order valence-corrected chi connectivity index (χ2v) is 4.78. The number of carbonyl (C=O) groups is 1. The van der Waals surface area contributed by atoms with E-state index < -0.39 is 0 Å². The van der Waals surface area contributed by atoms with Crippen molar-refractivity contribution in [2.24, 2.45) is 0 Å². The maximum atomic E-state index is 12.1. The summed E-state index contributed by atoms with van der Waals surface area (Å²) in [6.07, 6.45) is 2.49. The number of hydrogen-bond acceptors (Lipinski definition) is 4. The molecule has 1 aliphatic heterocycles. The predicted molar refractivity (Wildman–Crippen MR) is 69.7 cm³/mol. The number of nitrogens with one attached hydrogen (secondary N) is 2. The van der Waals surface area contributed by atoms with Gasteiger partial charge in [-0.1, -0.05) is 0 Å². The number of aromatic nitrogens is 1. The summed E-state index contributed by atoms with van der Waals surface area (Å²) in [4.78, 5) is 16.3. The highest BCUT2D eigenvalue weighted by Gasteiger charge is 2.31. The van der Waals surface area contributed by atoms with Gasteiger partial charge in [0.05, 0.1) is 12.1 Å². The molecule has 0 spiro atoms. The zero-order valence-corrected chi connectivity index (χ0v) is 10.8. The maximum absolute atomic E-state index is 12.1. The summed E-state index contributed by atoms with van der Waals surface area (Å²) < 4.78 is 5.32. The zero-order chi connectivity index (χ0) is 13.0. The molecule has 1 atom stereocenters. The molecule has 98 valence electrons. The van der Waals surface area contributed by atoms with Gasteiger partial charge in [-0.05, 0) is 32.4 Å². The lowest BCUT2D eigenvalue weighted by Crippen LogP contribution is -2.46. The van der Waals surface area contributed by atoms with E-state index in [-0.39, 0.29) is 11.4 Å². The molecular formula is C13H19N3O2. The van der Waals surface area contributed by atoms with Crippen molar-refractivity contribution >= 4 is 11.7 Å². The number of amides is 1. The third-order valence-corrected chi connectivity index (χ3v) is 3.01. The summed E-state index contributed by atoms with van der Waals surface area (Å²) in [5.74, 6) is 0.641. The van der Waals surface area contributed by atoms with Crippen molar-refractivity contribution in [1.29, 1.82) is 0 Å². The van der Waals surface area contributed by atoms with E-state index in [1.165, 1.54) is 0 Å². The van der Waals surface area contributed by atoms with Gasteiger partial charge in [0, 0.05) is 24.9 Å². The number of ether oxygens (including phenoxy) is 1. The van der Waals surface area contributed by atoms with Crippen LogP contribution in [0.3, 0.4) is 0 Å². The van der Waals surface area contributed by atoms with Crippen LogP contribution in [0.1, 0.15) is 30.6 Å². The van der Waals surface area contributed by atoms with E-state index in [9.17, 15) is 4.79 Å². The molecule has 1 unspecified atom stereocenters. The first-order valence-corrected chi connectivity index (χ1v) is 6.23. The van der Waals surface area contributed by atoms with E-state index in [4.69, 9.17) is 4.74 Å². The zero-order valence-electron chi connectivity index (χ0n) is 10.8. The highest BCUT2D eigenvalue weighted by atomic mass is 16.5. The fraction of sp³-hybridized carbons (Fsp3) is 0.538. The smallest absolute Gasteiger partial charge is 0.251 e. The Bertz CT molecular complexity index is 428. The van der Waals surface area contributed by atoms with Crippen LogP contribution in [0.4, 0.5) is 5.82 Å². The molecule has 18 heavy (non-hydrogen) atoms. The highest BCUT2D eigenvalue weighted by molar-refractivity contribution is 5.95. The lowest BCUT2D eigenvalue weighted by atomic mass is 10.0. The Kier molecular flexibility index (Phi) is 3.81. The number of rotatable bonds is 4. The van der Waals surface area contributed by atoms with Crippen LogP contribution in [-0.4, -0.2) is 36.2 Å². The average molecular weight is 249 g/mol. The van der Waals surface area contributed by atoms with Crippen molar-refractivity contribution in [3.63, 3.8) is 0 Å². The summed E-state index contributed by atoms with van der Waals surface area (Å²) in [5.41, 5.74) is 0.368. The average Bonchev–Trinajstić information content (AvgIpc) is 2.76. The lowest BCUT2D eigenvalue weighted by Gasteiger charge is -2.23. The fourth-order valence-corrected chi connectivity index (χ4v) is 1.96. The van der Waals surface area contributed by atoms with Gasteiger partial charge in [0.1, 0.15) is 5.82 Å². The van der Waals surface area contributed by atoms with Crippen LogP contribution < -0.4 is 10.6 Å². The van der Waals surface area contributed by atoms with Crippen LogP contribution in [-0.2, 0) is 4.74 Å². The molecule has 1 aliphatic rings. The molecule has 0 aliphatic carbocycles. The van der Waals surface area contributed by atoms with Crippen molar-refractivity contribution in [3.05, 3.63) is 23.9 Å². The number of hydrogen-bond donors (Lipinski definition) is 2. The van der Waals surface area contributed by atoms with Crippen LogP contribution in [0, 0.1) is 0 Å². The largest absolute Gasteiger partial charge is 0.379 e. The van der Waals surface area contributed by atoms with Crippen molar-refractivity contribution in [2.75, 3.05) is 25.1 Å². The van der Waals surface area contributed by atoms with Crippen LogP contribution in [0.2, 0.25) is 0 Å². The molecule has 1 fully saturated rings. The van der Waals surface area contributed by atoms with Crippen LogP contribution in [0.5, 0.6) is 0 Å². The fourth-order valence-electron chi connectivity index (χ4n) is 1.96. The van der Waals surface area contributed by atoms with Crippen molar-refractivity contribution in [2.45, 2.75) is 25.8 Å². The third-order valence-electron chi connectivity index (χ3n) is 3.01. The SMILES string of the molecule is CCNc1cc(C(=O)NC2(C)CCOC2)ccn1. The summed E-state index contributed by atoms with van der Waals surface area (Å²) in [6, 6.07) is 3.48. The van der Waals surface area contributed by atoms with E-state index in [0.29, 0.717) is 18.8 Å². The minimum atomic E-state index is -0.251. The van der Waals surface area contributed by atoms with Gasteiger partial charge in [0.25, 0.3) is 5.91 Å². The van der Waals surface area contributed by atoms with Gasteiger partial charge in [-0.3, -0.25) is 4.79 Å². The van der Waals surface area contributed by atoms with E-state index in [0.717, 1.165) is 18.8 Å². The van der Waals surface area contributed by atoms with Gasteiger partial charge < -0.3 is 15.4 Å². The Morgan fingerprint density at radius 1 is 1.61 bits per heavy atom. The van der Waals surface area contributed by atoms with Crippen LogP contribution in [0.25, 0.3) is 0 Å². The van der Waals surface area contributed by atoms with Gasteiger partial charge in [-0.15, -0.1) is 0 Å². The Labute approximate surface area is 107 Å². The van der Waals surface area contributed by atoms with E-state index in [1.807, 2.05) is 13.8 Å². The molecule has 1 saturated heterocycles. The highest BCUT2D eigenvalue weighted by Crippen LogP contribution is 2.18. The molecule has 0 aromatic carbocycles. The normalized spacial score (nSPS) is 22.8. The third kappa shape index (κ3) is 2.98. The van der Waals surface area contributed by atoms with Gasteiger partial charge in [0.15, 0.2) is 0 Å². The molecule has 0 bridgehead atoms. The molecule has 1 amide bonds. The first kappa shape index (κ1) is 12.8. The Morgan fingerprint density at radius 2 is 2.44 bits per heavy atom. The molecule has 2 N–H and O–H groups in total. The van der Waals surface area contributed by atoms with Gasteiger partial charge in [-0.25, -0.2) is 4.98 Å². The lowest BCUT2D eigenvalue weighted by molar-refractivity contribution is 0.0890. The minimum Gasteiger partial charge on any atom is -0.379 e. The van der Waals surface area contributed by atoms with Gasteiger partial charge >= 0.3 is 0 Å². The number of carbonyl (C=O) groups excluding carboxylic acids is 1. The number of anilines is 1. The van der Waals surface area contributed by atoms with E-state index in [1.54, 1.807) is 18.3 Å². The minimum absolute atomic E-state index is 0.0791. The monoisotopic (exact) mass is 249 g/mol. The second kappa shape index (κ2) is 5.35. The molecule has 5 nitrogen and oxygen atoms in total. The second-order valence-electron chi connectivity index (χ2n) is 4.78. The van der Waals surface area contributed by atoms with E-state index >= 15 is 0 Å². The summed E-state index contributed by atoms with van der Waals surface area (Å²) in [7, 11) is 0. The molecule has 1 aromatic rings. The topological polar surface area (TPSA) is 63.2 Å². The predicted octanol–water partition coefficient (Wildman–Crippen LogP) is 1.42. The van der Waals surface area contributed by atoms with E-state index in [2.05, 4.69) is 15.6 Å². The first-order valence-electron chi connectivity index (χ1n) is 6.23. The Morgan fingerprint density at radius 3 is 3.11 bits per heavy atom. The number of pyridine rings is 1. The Hall–Kier alpha value is -1.62. The van der Waals surface area contributed by atoms with Gasteiger partial charge in [0.2, 0.25) is 0 Å². The summed E-state index contributed by atoms with van der Waals surface area (Å²) in [5, 5.41) is 6.11. The summed E-state index contributed by atoms with van der Waals surface area (Å²) in [6.45, 7) is 6.05. The Balaban J connectivity index is 2.06. The standard InChI is InChI=1S/C13H19N3O2/c1-3-14-11-8-10(4-6-15-11)12(17)16-13(2)5-7-18-9-13/h4,6,8H,3,5,7,9H2,1-2H3,(H,14,15)(H,16,17). The molecular weight excluding hydrogens is 230 g/mol. The quantitative estimate of drug-likeness (QED) is 0.847. The molecule has 5 heteroatoms. The molecule has 2 heterocycles. The summed E-state index contributed by atoms with van der Waals surface area (Å²) >= 11 is 0. The van der Waals surface area contributed by atoms with Crippen LogP contribution >= 0.6 is 0 Å². The number of nitrogens with zero attached hydrogens (tertiary/aromatic N) is 1. The maximum Gasteiger partial charge on any atom is 0.251 e. The van der Waals surface area contributed by atoms with Crippen molar-refractivity contribution in [1.82, 2.24) is 10.3 Å². The molecule has 0 saturated carbocycles. The van der Waals surface area contributed by atoms with Crippen molar-refractivity contribution < 1.29 is 9.53 Å². The molecule has 2 rings (SSSR count). The van der Waals surface area contributed by atoms with Crippen molar-refractivity contribution in [3.8, 4) is 0 Å². The van der Waals surface area contributed by atoms with Crippen LogP contribution in [0.15, 0.2) is 18.3 Å².